The lowest BCUT2D eigenvalue weighted by atomic mass is 10.1. The number of carbonyl (C=O) groups excluding carboxylic acids is 2. The van der Waals surface area contributed by atoms with Gasteiger partial charge in [0.25, 0.3) is 0 Å². The SMILES string of the molecule is CC(=O)C(SSC(C(C)=O)c1ccccc1)c1ccccc1. The number of ketones is 2. The van der Waals surface area contributed by atoms with Crippen LogP contribution in [0.2, 0.25) is 0 Å². The highest BCUT2D eigenvalue weighted by molar-refractivity contribution is 8.77. The Hall–Kier alpha value is -1.52. The molecule has 2 aromatic carbocycles. The van der Waals surface area contributed by atoms with Crippen LogP contribution in [0.4, 0.5) is 0 Å². The van der Waals surface area contributed by atoms with Gasteiger partial charge in [-0.15, -0.1) is 0 Å². The maximum absolute atomic E-state index is 11.9. The van der Waals surface area contributed by atoms with Gasteiger partial charge in [0.1, 0.15) is 11.6 Å². The standard InChI is InChI=1S/C18H18O2S2/c1-13(19)17(15-9-5-3-6-10-15)21-22-18(14(2)20)16-11-7-4-8-12-16/h3-12,17-18H,1-2H3. The first kappa shape index (κ1) is 16.8. The predicted octanol–water partition coefficient (Wildman–Crippen LogP) is 5.03. The highest BCUT2D eigenvalue weighted by atomic mass is 33.1. The monoisotopic (exact) mass is 330 g/mol. The van der Waals surface area contributed by atoms with E-state index in [1.807, 2.05) is 60.7 Å². The molecular weight excluding hydrogens is 312 g/mol. The molecule has 0 aliphatic carbocycles. The Balaban J connectivity index is 2.14. The molecule has 0 heterocycles. The molecule has 0 radical (unpaired) electrons. The summed E-state index contributed by atoms with van der Waals surface area (Å²) in [7, 11) is 2.92. The van der Waals surface area contributed by atoms with Crippen molar-refractivity contribution in [1.82, 2.24) is 0 Å². The number of hydrogen-bond donors (Lipinski definition) is 0. The Labute approximate surface area is 139 Å². The Bertz CT molecular complexity index is 569. The Morgan fingerprint density at radius 3 is 1.27 bits per heavy atom. The van der Waals surface area contributed by atoms with Gasteiger partial charge in [-0.2, -0.15) is 0 Å². The zero-order chi connectivity index (χ0) is 15.9. The second kappa shape index (κ2) is 8.20. The fourth-order valence-corrected chi connectivity index (χ4v) is 5.26. The Morgan fingerprint density at radius 1 is 0.682 bits per heavy atom. The second-order valence-corrected chi connectivity index (χ2v) is 7.48. The van der Waals surface area contributed by atoms with E-state index in [2.05, 4.69) is 0 Å². The highest BCUT2D eigenvalue weighted by Gasteiger charge is 2.23. The molecule has 0 saturated carbocycles. The summed E-state index contributed by atoms with van der Waals surface area (Å²) in [6.07, 6.45) is 0. The van der Waals surface area contributed by atoms with Crippen molar-refractivity contribution in [2.24, 2.45) is 0 Å². The summed E-state index contributed by atoms with van der Waals surface area (Å²) in [6, 6.07) is 19.4. The van der Waals surface area contributed by atoms with Gasteiger partial charge in [-0.1, -0.05) is 82.3 Å². The molecule has 4 heteroatoms. The van der Waals surface area contributed by atoms with Crippen LogP contribution < -0.4 is 0 Å². The third kappa shape index (κ3) is 4.49. The van der Waals surface area contributed by atoms with Crippen molar-refractivity contribution in [1.29, 1.82) is 0 Å². The lowest BCUT2D eigenvalue weighted by Gasteiger charge is -2.18. The maximum atomic E-state index is 11.9. The maximum Gasteiger partial charge on any atom is 0.148 e. The van der Waals surface area contributed by atoms with Crippen molar-refractivity contribution in [3.05, 3.63) is 71.8 Å². The molecule has 2 unspecified atom stereocenters. The van der Waals surface area contributed by atoms with Gasteiger partial charge in [-0.3, -0.25) is 9.59 Å². The van der Waals surface area contributed by atoms with Crippen molar-refractivity contribution >= 4 is 33.2 Å². The zero-order valence-corrected chi connectivity index (χ0v) is 14.2. The van der Waals surface area contributed by atoms with E-state index in [4.69, 9.17) is 0 Å². The van der Waals surface area contributed by atoms with Crippen LogP contribution in [0.25, 0.3) is 0 Å². The molecule has 2 atom stereocenters. The minimum atomic E-state index is -0.253. The molecule has 2 nitrogen and oxygen atoms in total. The smallest absolute Gasteiger partial charge is 0.148 e. The van der Waals surface area contributed by atoms with E-state index in [9.17, 15) is 9.59 Å². The summed E-state index contributed by atoms with van der Waals surface area (Å²) < 4.78 is 0. The van der Waals surface area contributed by atoms with Gasteiger partial charge in [-0.05, 0) is 25.0 Å². The van der Waals surface area contributed by atoms with Crippen molar-refractivity contribution in [3.63, 3.8) is 0 Å². The van der Waals surface area contributed by atoms with Crippen molar-refractivity contribution in [3.8, 4) is 0 Å². The summed E-state index contributed by atoms with van der Waals surface area (Å²) in [6.45, 7) is 3.19. The van der Waals surface area contributed by atoms with Crippen LogP contribution in [0.5, 0.6) is 0 Å². The van der Waals surface area contributed by atoms with Crippen molar-refractivity contribution < 1.29 is 9.59 Å². The second-order valence-electron chi connectivity index (χ2n) is 5.00. The van der Waals surface area contributed by atoms with Crippen LogP contribution in [-0.2, 0) is 9.59 Å². The van der Waals surface area contributed by atoms with Crippen molar-refractivity contribution in [2.45, 2.75) is 24.3 Å². The van der Waals surface area contributed by atoms with Gasteiger partial charge in [0.2, 0.25) is 0 Å². The topological polar surface area (TPSA) is 34.1 Å². The molecular formula is C18H18O2S2. The fraction of sp³-hybridized carbons (Fsp3) is 0.222. The number of rotatable bonds is 7. The first-order valence-corrected chi connectivity index (χ1v) is 9.30. The van der Waals surface area contributed by atoms with Gasteiger partial charge < -0.3 is 0 Å². The Morgan fingerprint density at radius 2 is 1.00 bits per heavy atom. The predicted molar refractivity (Wildman–Crippen MR) is 94.9 cm³/mol. The van der Waals surface area contributed by atoms with E-state index in [0.29, 0.717) is 0 Å². The van der Waals surface area contributed by atoms with Crippen LogP contribution in [0, 0.1) is 0 Å². The van der Waals surface area contributed by atoms with Gasteiger partial charge in [0.15, 0.2) is 0 Å². The van der Waals surface area contributed by atoms with Gasteiger partial charge in [-0.25, -0.2) is 0 Å². The van der Waals surface area contributed by atoms with E-state index < -0.39 is 0 Å². The summed E-state index contributed by atoms with van der Waals surface area (Å²) >= 11 is 0. The molecule has 22 heavy (non-hydrogen) atoms. The van der Waals surface area contributed by atoms with E-state index in [0.717, 1.165) is 11.1 Å². The highest BCUT2D eigenvalue weighted by Crippen LogP contribution is 2.46. The van der Waals surface area contributed by atoms with Crippen LogP contribution in [0.1, 0.15) is 35.5 Å². The summed E-state index contributed by atoms with van der Waals surface area (Å²) in [5.41, 5.74) is 1.95. The normalized spacial score (nSPS) is 13.4. The quantitative estimate of drug-likeness (QED) is 0.667. The molecule has 114 valence electrons. The fourth-order valence-electron chi connectivity index (χ4n) is 2.08. The molecule has 0 aliphatic heterocycles. The van der Waals surface area contributed by atoms with Crippen molar-refractivity contribution in [2.75, 3.05) is 0 Å². The number of hydrogen-bond acceptors (Lipinski definition) is 4. The first-order valence-electron chi connectivity index (χ1n) is 7.02. The number of benzene rings is 2. The molecule has 2 rings (SSSR count). The average molecular weight is 330 g/mol. The summed E-state index contributed by atoms with van der Waals surface area (Å²) in [4.78, 5) is 23.9. The summed E-state index contributed by atoms with van der Waals surface area (Å²) in [5.74, 6) is 0.193. The third-order valence-electron chi connectivity index (χ3n) is 3.19. The van der Waals surface area contributed by atoms with E-state index in [-0.39, 0.29) is 22.1 Å². The first-order chi connectivity index (χ1) is 10.6. The van der Waals surface area contributed by atoms with Crippen LogP contribution in [-0.4, -0.2) is 11.6 Å². The van der Waals surface area contributed by atoms with Crippen LogP contribution >= 0.6 is 21.6 Å². The van der Waals surface area contributed by atoms with Gasteiger partial charge in [0, 0.05) is 0 Å². The Kier molecular flexibility index (Phi) is 6.28. The molecule has 2 aromatic rings. The third-order valence-corrected chi connectivity index (χ3v) is 6.38. The molecule has 0 aliphatic rings. The van der Waals surface area contributed by atoms with E-state index in [1.54, 1.807) is 13.8 Å². The largest absolute Gasteiger partial charge is 0.298 e. The molecule has 0 aromatic heterocycles. The molecule has 0 spiro atoms. The molecule has 0 N–H and O–H groups in total. The number of Topliss-reactive ketones (excluding diaryl/α,β-unsaturated/α-hetero) is 2. The van der Waals surface area contributed by atoms with Crippen LogP contribution in [0.3, 0.4) is 0 Å². The zero-order valence-electron chi connectivity index (χ0n) is 12.6. The molecule has 0 bridgehead atoms. The number of carbonyl (C=O) groups is 2. The average Bonchev–Trinajstić information content (AvgIpc) is 2.52. The molecule has 0 saturated heterocycles. The van der Waals surface area contributed by atoms with Gasteiger partial charge in [0.05, 0.1) is 10.5 Å². The minimum Gasteiger partial charge on any atom is -0.298 e. The molecule has 0 fully saturated rings. The van der Waals surface area contributed by atoms with Crippen LogP contribution in [0.15, 0.2) is 60.7 Å². The van der Waals surface area contributed by atoms with Gasteiger partial charge >= 0.3 is 0 Å². The van der Waals surface area contributed by atoms with E-state index >= 15 is 0 Å². The molecule has 0 amide bonds. The summed E-state index contributed by atoms with van der Waals surface area (Å²) in [5, 5.41) is -0.506. The minimum absolute atomic E-state index is 0.0964. The van der Waals surface area contributed by atoms with E-state index in [1.165, 1.54) is 21.6 Å². The lowest BCUT2D eigenvalue weighted by Crippen LogP contribution is -2.07. The lowest BCUT2D eigenvalue weighted by molar-refractivity contribution is -0.117.